The fourth-order valence-electron chi connectivity index (χ4n) is 6.91. The normalized spacial score (nSPS) is 37.9. The summed E-state index contributed by atoms with van der Waals surface area (Å²) in [4.78, 5) is 39.0. The Balaban J connectivity index is 1.85. The van der Waals surface area contributed by atoms with Crippen LogP contribution in [0.15, 0.2) is 36.5 Å². The van der Waals surface area contributed by atoms with E-state index >= 15 is 0 Å². The van der Waals surface area contributed by atoms with Crippen molar-refractivity contribution in [3.63, 3.8) is 0 Å². The molecule has 2 aliphatic carbocycles. The maximum Gasteiger partial charge on any atom is 0.238 e. The van der Waals surface area contributed by atoms with Crippen molar-refractivity contribution in [3.05, 3.63) is 36.5 Å². The van der Waals surface area contributed by atoms with E-state index in [-0.39, 0.29) is 47.7 Å². The lowest BCUT2D eigenvalue weighted by atomic mass is 9.49. The van der Waals surface area contributed by atoms with Crippen molar-refractivity contribution in [1.29, 1.82) is 0 Å². The second kappa shape index (κ2) is 11.3. The Morgan fingerprint density at radius 3 is 2.49 bits per heavy atom. The van der Waals surface area contributed by atoms with Crippen LogP contribution in [0.5, 0.6) is 0 Å². The van der Waals surface area contributed by atoms with Crippen molar-refractivity contribution in [2.75, 3.05) is 6.54 Å². The molecule has 6 nitrogen and oxygen atoms in total. The van der Waals surface area contributed by atoms with Crippen LogP contribution in [-0.2, 0) is 14.4 Å². The number of fused-ring (bicyclic) bond motifs is 1. The smallest absolute Gasteiger partial charge is 0.238 e. The molecular weight excluding hydrogens is 442 g/mol. The van der Waals surface area contributed by atoms with E-state index in [4.69, 9.17) is 0 Å². The molecule has 1 aliphatic heterocycles. The van der Waals surface area contributed by atoms with Crippen molar-refractivity contribution in [3.8, 4) is 0 Å². The molecule has 0 spiro atoms. The number of hydrogen-bond acceptors (Lipinski definition) is 5. The Bertz CT molecular complexity index is 876. The molecule has 6 heteroatoms. The standard InChI is InChI=1S/C29H43NO5/c1-6-23(32)18(3)9-7-8-10-22(31)15-21-12-11-20-14-17(2)13-19(4)26(20)29(21,5)27(34)25-24(33)16-30-28(25)35/h7-12,17-23,25-26,31-32H,6,13-16H2,1-5H3,(H,30,35). The Morgan fingerprint density at radius 2 is 1.86 bits per heavy atom. The van der Waals surface area contributed by atoms with Crippen LogP contribution in [0.1, 0.15) is 60.3 Å². The van der Waals surface area contributed by atoms with E-state index in [1.807, 2.05) is 39.0 Å². The van der Waals surface area contributed by atoms with Crippen molar-refractivity contribution >= 4 is 17.5 Å². The number of aliphatic hydroxyl groups excluding tert-OH is 2. The van der Waals surface area contributed by atoms with E-state index in [2.05, 4.69) is 25.2 Å². The molecule has 194 valence electrons. The number of carbonyl (C=O) groups is 3. The van der Waals surface area contributed by atoms with E-state index in [1.165, 1.54) is 0 Å². The minimum absolute atomic E-state index is 0.0196. The molecule has 1 amide bonds. The van der Waals surface area contributed by atoms with E-state index < -0.39 is 29.4 Å². The molecule has 35 heavy (non-hydrogen) atoms. The molecule has 0 aromatic rings. The molecule has 10 unspecified atom stereocenters. The SMILES string of the molecule is CCC(O)C(C)C=CC=CC(O)CC1C=CC2CC(C)CC(C)C2C1(C)C(=O)C1C(=O)CNC1=O. The lowest BCUT2D eigenvalue weighted by Crippen LogP contribution is -2.55. The largest absolute Gasteiger partial charge is 0.393 e. The molecule has 1 heterocycles. The maximum atomic E-state index is 14.0. The van der Waals surface area contributed by atoms with E-state index in [1.54, 1.807) is 12.2 Å². The topological polar surface area (TPSA) is 104 Å². The van der Waals surface area contributed by atoms with Crippen LogP contribution in [0, 0.1) is 46.8 Å². The Labute approximate surface area is 209 Å². The summed E-state index contributed by atoms with van der Waals surface area (Å²) in [6, 6.07) is 0. The van der Waals surface area contributed by atoms with Gasteiger partial charge in [-0.1, -0.05) is 71.1 Å². The van der Waals surface area contributed by atoms with Crippen LogP contribution in [0.25, 0.3) is 0 Å². The first-order chi connectivity index (χ1) is 16.5. The predicted octanol–water partition coefficient (Wildman–Crippen LogP) is 3.63. The molecule has 1 saturated carbocycles. The van der Waals surface area contributed by atoms with Gasteiger partial charge in [-0.15, -0.1) is 0 Å². The fraction of sp³-hybridized carbons (Fsp3) is 0.690. The molecule has 10 atom stereocenters. The van der Waals surface area contributed by atoms with Crippen LogP contribution < -0.4 is 5.32 Å². The van der Waals surface area contributed by atoms with Gasteiger partial charge >= 0.3 is 0 Å². The molecular formula is C29H43NO5. The Morgan fingerprint density at radius 1 is 1.17 bits per heavy atom. The van der Waals surface area contributed by atoms with Gasteiger partial charge in [-0.05, 0) is 55.3 Å². The quantitative estimate of drug-likeness (QED) is 0.263. The molecule has 1 saturated heterocycles. The van der Waals surface area contributed by atoms with Gasteiger partial charge in [0.2, 0.25) is 5.91 Å². The van der Waals surface area contributed by atoms with Crippen molar-refractivity contribution < 1.29 is 24.6 Å². The van der Waals surface area contributed by atoms with Gasteiger partial charge in [-0.2, -0.15) is 0 Å². The Hall–Kier alpha value is -2.05. The lowest BCUT2D eigenvalue weighted by Gasteiger charge is -2.53. The third-order valence-electron chi connectivity index (χ3n) is 8.77. The molecule has 3 N–H and O–H groups in total. The van der Waals surface area contributed by atoms with Gasteiger partial charge in [0.25, 0.3) is 0 Å². The predicted molar refractivity (Wildman–Crippen MR) is 136 cm³/mol. The fourth-order valence-corrected chi connectivity index (χ4v) is 6.91. The zero-order valence-electron chi connectivity index (χ0n) is 21.8. The maximum absolute atomic E-state index is 14.0. The Kier molecular flexibility index (Phi) is 8.92. The molecule has 3 aliphatic rings. The summed E-state index contributed by atoms with van der Waals surface area (Å²) in [6.45, 7) is 10.1. The van der Waals surface area contributed by atoms with Crippen LogP contribution >= 0.6 is 0 Å². The average Bonchev–Trinajstić information content (AvgIpc) is 3.14. The highest BCUT2D eigenvalue weighted by Gasteiger charge is 2.58. The molecule has 0 bridgehead atoms. The highest BCUT2D eigenvalue weighted by molar-refractivity contribution is 6.24. The minimum atomic E-state index is -1.25. The average molecular weight is 486 g/mol. The first-order valence-electron chi connectivity index (χ1n) is 13.2. The third kappa shape index (κ3) is 5.69. The lowest BCUT2D eigenvalue weighted by molar-refractivity contribution is -0.150. The molecule has 0 aromatic carbocycles. The van der Waals surface area contributed by atoms with Crippen molar-refractivity contribution in [2.24, 2.45) is 46.8 Å². The van der Waals surface area contributed by atoms with E-state index in [0.717, 1.165) is 12.8 Å². The summed E-state index contributed by atoms with van der Waals surface area (Å²) in [7, 11) is 0. The molecule has 0 aromatic heterocycles. The zero-order valence-corrected chi connectivity index (χ0v) is 21.8. The summed E-state index contributed by atoms with van der Waals surface area (Å²) in [5.41, 5.74) is -0.911. The van der Waals surface area contributed by atoms with Crippen LogP contribution in [0.3, 0.4) is 0 Å². The number of aliphatic hydroxyl groups is 2. The van der Waals surface area contributed by atoms with Crippen molar-refractivity contribution in [2.45, 2.75) is 72.5 Å². The first-order valence-corrected chi connectivity index (χ1v) is 13.2. The van der Waals surface area contributed by atoms with Crippen LogP contribution in [0.2, 0.25) is 0 Å². The van der Waals surface area contributed by atoms with E-state index in [0.29, 0.717) is 18.8 Å². The van der Waals surface area contributed by atoms with Gasteiger partial charge in [-0.25, -0.2) is 0 Å². The van der Waals surface area contributed by atoms with Gasteiger partial charge in [0, 0.05) is 11.3 Å². The van der Waals surface area contributed by atoms with Gasteiger partial charge < -0.3 is 15.5 Å². The number of allylic oxidation sites excluding steroid dienone is 4. The monoisotopic (exact) mass is 485 g/mol. The molecule has 3 rings (SSSR count). The second-order valence-electron chi connectivity index (χ2n) is 11.4. The van der Waals surface area contributed by atoms with Gasteiger partial charge in [-0.3, -0.25) is 14.4 Å². The van der Waals surface area contributed by atoms with Gasteiger partial charge in [0.1, 0.15) is 0 Å². The third-order valence-corrected chi connectivity index (χ3v) is 8.77. The zero-order chi connectivity index (χ0) is 25.9. The summed E-state index contributed by atoms with van der Waals surface area (Å²) < 4.78 is 0. The second-order valence-corrected chi connectivity index (χ2v) is 11.4. The number of ketones is 2. The van der Waals surface area contributed by atoms with Crippen molar-refractivity contribution in [1.82, 2.24) is 5.32 Å². The molecule has 0 radical (unpaired) electrons. The van der Waals surface area contributed by atoms with Crippen LogP contribution in [-0.4, -0.2) is 46.4 Å². The number of nitrogens with one attached hydrogen (secondary N) is 1. The number of Topliss-reactive ketones (excluding diaryl/α,β-unsaturated/α-hetero) is 2. The summed E-state index contributed by atoms with van der Waals surface area (Å²) in [5, 5.41) is 23.3. The van der Waals surface area contributed by atoms with E-state index in [9.17, 15) is 24.6 Å². The molecule has 2 fully saturated rings. The van der Waals surface area contributed by atoms with Crippen LogP contribution in [0.4, 0.5) is 0 Å². The summed E-state index contributed by atoms with van der Waals surface area (Å²) in [6.07, 6.45) is 13.3. The summed E-state index contributed by atoms with van der Waals surface area (Å²) >= 11 is 0. The number of carbonyl (C=O) groups excluding carboxylic acids is 3. The highest BCUT2D eigenvalue weighted by atomic mass is 16.3. The highest BCUT2D eigenvalue weighted by Crippen LogP contribution is 2.56. The van der Waals surface area contributed by atoms with Gasteiger partial charge in [0.05, 0.1) is 18.8 Å². The number of rotatable bonds is 9. The first kappa shape index (κ1) is 27.5. The number of hydrogen-bond donors (Lipinski definition) is 3. The van der Waals surface area contributed by atoms with Gasteiger partial charge in [0.15, 0.2) is 17.5 Å². The minimum Gasteiger partial charge on any atom is -0.393 e. The summed E-state index contributed by atoms with van der Waals surface area (Å²) in [5.74, 6) is -1.57. The number of amides is 1.